The second-order valence-corrected chi connectivity index (χ2v) is 3.74. The van der Waals surface area contributed by atoms with Gasteiger partial charge in [0.15, 0.2) is 0 Å². The summed E-state index contributed by atoms with van der Waals surface area (Å²) in [6, 6.07) is 6.01. The van der Waals surface area contributed by atoms with E-state index in [1.54, 1.807) is 7.11 Å². The second-order valence-electron chi connectivity index (χ2n) is 2.82. The topological polar surface area (TPSA) is 29.5 Å². The average molecular weight is 245 g/mol. The summed E-state index contributed by atoms with van der Waals surface area (Å²) in [5.74, 6) is 0. The van der Waals surface area contributed by atoms with Gasteiger partial charge in [0.05, 0.1) is 6.61 Å². The molecule has 0 aliphatic carbocycles. The van der Waals surface area contributed by atoms with Crippen molar-refractivity contribution in [1.29, 1.82) is 0 Å². The quantitative estimate of drug-likeness (QED) is 0.880. The van der Waals surface area contributed by atoms with Gasteiger partial charge in [0.2, 0.25) is 0 Å². The number of hydrogen-bond donors (Lipinski definition) is 1. The third kappa shape index (κ3) is 3.10. The van der Waals surface area contributed by atoms with Gasteiger partial charge in [0, 0.05) is 18.2 Å². The summed E-state index contributed by atoms with van der Waals surface area (Å²) in [5.41, 5.74) is 2.28. The van der Waals surface area contributed by atoms with Crippen LogP contribution in [0.4, 0.5) is 0 Å². The predicted molar refractivity (Wildman–Crippen MR) is 55.6 cm³/mol. The Kier molecular flexibility index (Phi) is 4.42. The number of hydrogen-bond acceptors (Lipinski definition) is 2. The van der Waals surface area contributed by atoms with Crippen LogP contribution in [0.1, 0.15) is 11.1 Å². The van der Waals surface area contributed by atoms with E-state index in [4.69, 9.17) is 9.84 Å². The van der Waals surface area contributed by atoms with Crippen molar-refractivity contribution >= 4 is 15.9 Å². The maximum Gasteiger partial charge on any atom is 0.0716 e. The Balaban J connectivity index is 2.89. The minimum Gasteiger partial charge on any atom is -0.396 e. The molecule has 0 aliphatic heterocycles. The van der Waals surface area contributed by atoms with Crippen molar-refractivity contribution in [3.05, 3.63) is 33.8 Å². The number of aliphatic hydroxyl groups is 1. The molecule has 1 aromatic carbocycles. The van der Waals surface area contributed by atoms with Crippen molar-refractivity contribution in [2.24, 2.45) is 0 Å². The minimum absolute atomic E-state index is 0.179. The third-order valence-corrected chi connectivity index (χ3v) is 2.34. The Morgan fingerprint density at radius 3 is 2.77 bits per heavy atom. The van der Waals surface area contributed by atoms with Gasteiger partial charge in [-0.25, -0.2) is 0 Å². The highest BCUT2D eigenvalue weighted by molar-refractivity contribution is 9.10. The molecule has 0 fully saturated rings. The van der Waals surface area contributed by atoms with Gasteiger partial charge >= 0.3 is 0 Å². The fourth-order valence-corrected chi connectivity index (χ4v) is 1.66. The molecule has 0 aliphatic rings. The van der Waals surface area contributed by atoms with E-state index in [0.29, 0.717) is 13.0 Å². The van der Waals surface area contributed by atoms with Crippen LogP contribution in [0.3, 0.4) is 0 Å². The van der Waals surface area contributed by atoms with E-state index in [1.165, 1.54) is 0 Å². The highest BCUT2D eigenvalue weighted by Gasteiger charge is 2.02. The van der Waals surface area contributed by atoms with Gasteiger partial charge < -0.3 is 9.84 Å². The van der Waals surface area contributed by atoms with E-state index < -0.39 is 0 Å². The Morgan fingerprint density at radius 1 is 1.38 bits per heavy atom. The van der Waals surface area contributed by atoms with Crippen LogP contribution >= 0.6 is 15.9 Å². The summed E-state index contributed by atoms with van der Waals surface area (Å²) >= 11 is 3.40. The van der Waals surface area contributed by atoms with Crippen LogP contribution in [0.15, 0.2) is 22.7 Å². The van der Waals surface area contributed by atoms with E-state index in [0.717, 1.165) is 15.6 Å². The summed E-state index contributed by atoms with van der Waals surface area (Å²) in [7, 11) is 1.67. The number of aliphatic hydroxyl groups excluding tert-OH is 1. The molecule has 1 aromatic rings. The summed E-state index contributed by atoms with van der Waals surface area (Å²) in [6.45, 7) is 0.771. The van der Waals surface area contributed by atoms with Gasteiger partial charge in [-0.1, -0.05) is 22.0 Å². The number of ether oxygens (including phenoxy) is 1. The zero-order chi connectivity index (χ0) is 9.68. The van der Waals surface area contributed by atoms with E-state index in [-0.39, 0.29) is 6.61 Å². The summed E-state index contributed by atoms with van der Waals surface area (Å²) in [4.78, 5) is 0. The molecule has 3 heteroatoms. The number of benzene rings is 1. The first-order valence-corrected chi connectivity index (χ1v) is 4.94. The Morgan fingerprint density at radius 2 is 2.15 bits per heavy atom. The molecule has 72 valence electrons. The van der Waals surface area contributed by atoms with Crippen molar-refractivity contribution in [2.75, 3.05) is 13.7 Å². The Hall–Kier alpha value is -0.380. The van der Waals surface area contributed by atoms with Crippen LogP contribution in [0.2, 0.25) is 0 Å². The van der Waals surface area contributed by atoms with E-state index in [1.807, 2.05) is 18.2 Å². The maximum atomic E-state index is 8.83. The molecule has 0 unspecified atom stereocenters. The number of halogens is 1. The highest BCUT2D eigenvalue weighted by Crippen LogP contribution is 2.17. The molecule has 0 atom stereocenters. The monoisotopic (exact) mass is 244 g/mol. The lowest BCUT2D eigenvalue weighted by molar-refractivity contribution is 0.183. The fraction of sp³-hybridized carbons (Fsp3) is 0.400. The largest absolute Gasteiger partial charge is 0.396 e. The van der Waals surface area contributed by atoms with Gasteiger partial charge in [0.25, 0.3) is 0 Å². The Labute approximate surface area is 86.7 Å². The zero-order valence-electron chi connectivity index (χ0n) is 7.59. The molecule has 0 saturated heterocycles. The van der Waals surface area contributed by atoms with Crippen LogP contribution in [-0.4, -0.2) is 18.8 Å². The fourth-order valence-electron chi connectivity index (χ4n) is 1.25. The van der Waals surface area contributed by atoms with Crippen molar-refractivity contribution < 1.29 is 9.84 Å². The van der Waals surface area contributed by atoms with Crippen LogP contribution in [0.5, 0.6) is 0 Å². The van der Waals surface area contributed by atoms with E-state index in [2.05, 4.69) is 15.9 Å². The molecular weight excluding hydrogens is 232 g/mol. The molecule has 1 N–H and O–H groups in total. The van der Waals surface area contributed by atoms with Crippen LogP contribution < -0.4 is 0 Å². The molecule has 13 heavy (non-hydrogen) atoms. The molecule has 0 bridgehead atoms. The third-order valence-electron chi connectivity index (χ3n) is 1.85. The first kappa shape index (κ1) is 10.7. The van der Waals surface area contributed by atoms with Crippen LogP contribution in [-0.2, 0) is 17.8 Å². The van der Waals surface area contributed by atoms with Crippen molar-refractivity contribution in [2.45, 2.75) is 13.0 Å². The lowest BCUT2D eigenvalue weighted by Gasteiger charge is -2.07. The molecule has 2 nitrogen and oxygen atoms in total. The normalized spacial score (nSPS) is 10.4. The van der Waals surface area contributed by atoms with E-state index >= 15 is 0 Å². The molecular formula is C10H13BrO2. The number of methoxy groups -OCH3 is 1. The second kappa shape index (κ2) is 5.37. The molecule has 1 rings (SSSR count). The lowest BCUT2D eigenvalue weighted by atomic mass is 10.1. The minimum atomic E-state index is 0.179. The molecule has 0 aromatic heterocycles. The summed E-state index contributed by atoms with van der Waals surface area (Å²) in [5, 5.41) is 8.83. The standard InChI is InChI=1S/C10H13BrO2/c1-13-7-9-6-10(11)3-2-8(9)4-5-12/h2-3,6,12H,4-5,7H2,1H3. The molecule has 0 radical (unpaired) electrons. The van der Waals surface area contributed by atoms with Crippen LogP contribution in [0.25, 0.3) is 0 Å². The van der Waals surface area contributed by atoms with E-state index in [9.17, 15) is 0 Å². The van der Waals surface area contributed by atoms with Gasteiger partial charge in [0.1, 0.15) is 0 Å². The van der Waals surface area contributed by atoms with Crippen molar-refractivity contribution in [3.63, 3.8) is 0 Å². The summed E-state index contributed by atoms with van der Waals surface area (Å²) in [6.07, 6.45) is 0.686. The average Bonchev–Trinajstić information content (AvgIpc) is 2.10. The van der Waals surface area contributed by atoms with Crippen LogP contribution in [0, 0.1) is 0 Å². The zero-order valence-corrected chi connectivity index (χ0v) is 9.17. The van der Waals surface area contributed by atoms with Crippen molar-refractivity contribution in [3.8, 4) is 0 Å². The van der Waals surface area contributed by atoms with Gasteiger partial charge in [-0.15, -0.1) is 0 Å². The number of rotatable bonds is 4. The van der Waals surface area contributed by atoms with Crippen molar-refractivity contribution in [1.82, 2.24) is 0 Å². The highest BCUT2D eigenvalue weighted by atomic mass is 79.9. The first-order valence-electron chi connectivity index (χ1n) is 4.15. The molecule has 0 spiro atoms. The molecule has 0 saturated carbocycles. The molecule has 0 heterocycles. The Bertz CT molecular complexity index is 274. The van der Waals surface area contributed by atoms with Gasteiger partial charge in [-0.2, -0.15) is 0 Å². The van der Waals surface area contributed by atoms with Gasteiger partial charge in [-0.3, -0.25) is 0 Å². The molecule has 0 amide bonds. The predicted octanol–water partition coefficient (Wildman–Crippen LogP) is 2.13. The SMILES string of the molecule is COCc1cc(Br)ccc1CCO. The van der Waals surface area contributed by atoms with Gasteiger partial charge in [-0.05, 0) is 29.7 Å². The lowest BCUT2D eigenvalue weighted by Crippen LogP contribution is -1.98. The smallest absolute Gasteiger partial charge is 0.0716 e. The summed E-state index contributed by atoms with van der Waals surface area (Å²) < 4.78 is 6.11. The first-order chi connectivity index (χ1) is 6.27. The maximum absolute atomic E-state index is 8.83.